The van der Waals surface area contributed by atoms with Gasteiger partial charge in [0.2, 0.25) is 0 Å². The van der Waals surface area contributed by atoms with Crippen molar-refractivity contribution in [2.24, 2.45) is 0 Å². The molecule has 0 radical (unpaired) electrons. The van der Waals surface area contributed by atoms with E-state index in [9.17, 15) is 4.79 Å². The summed E-state index contributed by atoms with van der Waals surface area (Å²) in [4.78, 5) is 13.6. The lowest BCUT2D eigenvalue weighted by Gasteiger charge is -2.04. The fraction of sp³-hybridized carbons (Fsp3) is 0.409. The van der Waals surface area contributed by atoms with E-state index in [2.05, 4.69) is 56.4 Å². The molecular weight excluding hydrogens is 308 g/mol. The maximum atomic E-state index is 11.4. The van der Waals surface area contributed by atoms with Crippen LogP contribution in [0.2, 0.25) is 0 Å². The number of rotatable bonds is 4. The Hall–Kier alpha value is -2.13. The molecule has 0 aromatic heterocycles. The normalized spacial score (nSPS) is 9.44. The van der Waals surface area contributed by atoms with Gasteiger partial charge in [-0.25, -0.2) is 0 Å². The van der Waals surface area contributed by atoms with Crippen LogP contribution in [0.25, 0.3) is 11.1 Å². The Kier molecular flexibility index (Phi) is 12.1. The van der Waals surface area contributed by atoms with Crippen LogP contribution in [0.4, 0.5) is 0 Å². The zero-order valence-electron chi connectivity index (χ0n) is 16.9. The zero-order valence-corrected chi connectivity index (χ0v) is 16.9. The molecule has 0 aliphatic rings. The largest absolute Gasteiger partial charge is 0.355 e. The zero-order chi connectivity index (χ0) is 19.2. The Balaban J connectivity index is 0.000000614. The molecule has 3 nitrogen and oxygen atoms in total. The van der Waals surface area contributed by atoms with Gasteiger partial charge < -0.3 is 10.2 Å². The molecule has 0 aliphatic carbocycles. The minimum atomic E-state index is -0.0548. The average molecular weight is 343 g/mol. The van der Waals surface area contributed by atoms with E-state index >= 15 is 0 Å². The summed E-state index contributed by atoms with van der Waals surface area (Å²) in [7, 11) is 5.81. The van der Waals surface area contributed by atoms with Crippen molar-refractivity contribution in [1.82, 2.24) is 10.2 Å². The van der Waals surface area contributed by atoms with Crippen LogP contribution in [0.1, 0.15) is 43.1 Å². The monoisotopic (exact) mass is 342 g/mol. The highest BCUT2D eigenvalue weighted by molar-refractivity contribution is 5.94. The van der Waals surface area contributed by atoms with Crippen LogP contribution in [0.3, 0.4) is 0 Å². The van der Waals surface area contributed by atoms with Gasteiger partial charge in [-0.05, 0) is 57.2 Å². The molecule has 0 saturated heterocycles. The van der Waals surface area contributed by atoms with Gasteiger partial charge in [0.1, 0.15) is 0 Å². The number of benzene rings is 2. The van der Waals surface area contributed by atoms with E-state index in [0.717, 1.165) is 5.56 Å². The molecule has 1 amide bonds. The quantitative estimate of drug-likeness (QED) is 0.847. The third-order valence-electron chi connectivity index (χ3n) is 3.40. The highest BCUT2D eigenvalue weighted by Gasteiger charge is 2.03. The number of hydrogen-bond acceptors (Lipinski definition) is 2. The minimum absolute atomic E-state index is 0.0548. The minimum Gasteiger partial charge on any atom is -0.355 e. The van der Waals surface area contributed by atoms with Crippen LogP contribution in [-0.2, 0) is 0 Å². The predicted molar refractivity (Wildman–Crippen MR) is 110 cm³/mol. The predicted octanol–water partition coefficient (Wildman–Crippen LogP) is 5.01. The van der Waals surface area contributed by atoms with Crippen molar-refractivity contribution in [3.8, 4) is 11.1 Å². The topological polar surface area (TPSA) is 32.3 Å². The Morgan fingerprint density at radius 1 is 1.00 bits per heavy atom. The van der Waals surface area contributed by atoms with E-state index < -0.39 is 0 Å². The van der Waals surface area contributed by atoms with Gasteiger partial charge in [-0.15, -0.1) is 0 Å². The molecule has 0 saturated carbocycles. The van der Waals surface area contributed by atoms with Crippen molar-refractivity contribution in [2.45, 2.75) is 34.1 Å². The fourth-order valence-corrected chi connectivity index (χ4v) is 2.23. The first-order valence-corrected chi connectivity index (χ1v) is 9.01. The molecule has 0 heterocycles. The van der Waals surface area contributed by atoms with Crippen LogP contribution in [0.15, 0.2) is 48.5 Å². The Morgan fingerprint density at radius 2 is 1.60 bits per heavy atom. The molecule has 2 rings (SSSR count). The lowest BCUT2D eigenvalue weighted by Crippen LogP contribution is -2.17. The van der Waals surface area contributed by atoms with Crippen LogP contribution in [0.5, 0.6) is 0 Å². The highest BCUT2D eigenvalue weighted by atomic mass is 16.1. The van der Waals surface area contributed by atoms with Crippen LogP contribution in [0, 0.1) is 6.92 Å². The smallest absolute Gasteiger partial charge is 0.251 e. The Morgan fingerprint density at radius 3 is 2.00 bits per heavy atom. The lowest BCUT2D eigenvalue weighted by atomic mass is 10.0. The van der Waals surface area contributed by atoms with Crippen molar-refractivity contribution in [2.75, 3.05) is 27.7 Å². The van der Waals surface area contributed by atoms with E-state index in [1.165, 1.54) is 24.1 Å². The molecule has 0 spiro atoms. The van der Waals surface area contributed by atoms with Crippen molar-refractivity contribution in [1.29, 1.82) is 0 Å². The van der Waals surface area contributed by atoms with Gasteiger partial charge in [0.05, 0.1) is 0 Å². The SMILES string of the molecule is CC.CCCN(C)C.CNC(=O)c1ccc(-c2cccc(C)c2)cc1. The summed E-state index contributed by atoms with van der Waals surface area (Å²) in [5.74, 6) is -0.0548. The number of nitrogens with zero attached hydrogens (tertiary/aromatic N) is 1. The Bertz CT molecular complexity index is 604. The summed E-state index contributed by atoms with van der Waals surface area (Å²) in [6, 6.07) is 15.9. The summed E-state index contributed by atoms with van der Waals surface area (Å²) in [5, 5.41) is 2.61. The van der Waals surface area contributed by atoms with Gasteiger partial charge in [-0.2, -0.15) is 0 Å². The molecule has 2 aromatic rings. The van der Waals surface area contributed by atoms with Crippen molar-refractivity contribution < 1.29 is 4.79 Å². The molecule has 2 aromatic carbocycles. The molecule has 0 bridgehead atoms. The molecule has 1 N–H and O–H groups in total. The van der Waals surface area contributed by atoms with Crippen LogP contribution in [-0.4, -0.2) is 38.5 Å². The maximum Gasteiger partial charge on any atom is 0.251 e. The molecule has 0 unspecified atom stereocenters. The second-order valence-electron chi connectivity index (χ2n) is 5.83. The molecule has 0 aliphatic heterocycles. The van der Waals surface area contributed by atoms with Gasteiger partial charge in [0.25, 0.3) is 5.91 Å². The fourth-order valence-electron chi connectivity index (χ4n) is 2.23. The third kappa shape index (κ3) is 9.06. The van der Waals surface area contributed by atoms with E-state index in [4.69, 9.17) is 0 Å². The van der Waals surface area contributed by atoms with Crippen LogP contribution < -0.4 is 5.32 Å². The van der Waals surface area contributed by atoms with E-state index in [-0.39, 0.29) is 5.91 Å². The van der Waals surface area contributed by atoms with Gasteiger partial charge in [-0.1, -0.05) is 62.7 Å². The second kappa shape index (κ2) is 13.2. The average Bonchev–Trinajstić information content (AvgIpc) is 2.63. The number of carbonyl (C=O) groups excluding carboxylic acids is 1. The molecule has 138 valence electrons. The number of aryl methyl sites for hydroxylation is 1. The standard InChI is InChI=1S/C15H15NO.C5H13N.C2H6/c1-11-4-3-5-14(10-11)12-6-8-13(9-7-12)15(17)16-2;1-4-5-6(2)3;1-2/h3-10H,1-2H3,(H,16,17);4-5H2,1-3H3;1-2H3. The van der Waals surface area contributed by atoms with Crippen molar-refractivity contribution in [3.05, 3.63) is 59.7 Å². The third-order valence-corrected chi connectivity index (χ3v) is 3.40. The second-order valence-corrected chi connectivity index (χ2v) is 5.83. The number of amides is 1. The number of hydrogen-bond donors (Lipinski definition) is 1. The van der Waals surface area contributed by atoms with E-state index in [1.54, 1.807) is 7.05 Å². The molecule has 0 fully saturated rings. The number of carbonyl (C=O) groups is 1. The summed E-state index contributed by atoms with van der Waals surface area (Å²) < 4.78 is 0. The number of nitrogens with one attached hydrogen (secondary N) is 1. The van der Waals surface area contributed by atoms with Gasteiger partial charge >= 0.3 is 0 Å². The van der Waals surface area contributed by atoms with Gasteiger partial charge in [-0.3, -0.25) is 4.79 Å². The van der Waals surface area contributed by atoms with E-state index in [0.29, 0.717) is 5.56 Å². The highest BCUT2D eigenvalue weighted by Crippen LogP contribution is 2.20. The lowest BCUT2D eigenvalue weighted by molar-refractivity contribution is 0.0963. The first-order valence-electron chi connectivity index (χ1n) is 9.01. The first-order chi connectivity index (χ1) is 12.0. The summed E-state index contributed by atoms with van der Waals surface area (Å²) >= 11 is 0. The summed E-state index contributed by atoms with van der Waals surface area (Å²) in [6.07, 6.45) is 1.26. The molecule has 25 heavy (non-hydrogen) atoms. The van der Waals surface area contributed by atoms with Crippen molar-refractivity contribution in [3.63, 3.8) is 0 Å². The van der Waals surface area contributed by atoms with Gasteiger partial charge in [0, 0.05) is 12.6 Å². The van der Waals surface area contributed by atoms with Crippen molar-refractivity contribution >= 4 is 5.91 Å². The van der Waals surface area contributed by atoms with E-state index in [1.807, 2.05) is 44.2 Å². The Labute approximate surface area is 154 Å². The first kappa shape index (κ1) is 22.9. The molecule has 0 atom stereocenters. The van der Waals surface area contributed by atoms with Gasteiger partial charge in [0.15, 0.2) is 0 Å². The maximum absolute atomic E-state index is 11.4. The summed E-state index contributed by atoms with van der Waals surface area (Å²) in [6.45, 7) is 9.46. The molecular formula is C22H34N2O. The molecule has 3 heteroatoms. The van der Waals surface area contributed by atoms with Crippen LogP contribution >= 0.6 is 0 Å². The summed E-state index contributed by atoms with van der Waals surface area (Å²) in [5.41, 5.74) is 4.22.